The van der Waals surface area contributed by atoms with E-state index in [9.17, 15) is 24.0 Å². The summed E-state index contributed by atoms with van der Waals surface area (Å²) in [5.74, 6) is -1.01. The van der Waals surface area contributed by atoms with Crippen LogP contribution in [0.5, 0.6) is 0 Å². The highest BCUT2D eigenvalue weighted by Gasteiger charge is 2.23. The number of nitrogens with two attached hydrogens (primary N) is 1. The number of benzene rings is 3. The number of hydrogen-bond acceptors (Lipinski definition) is 11. The molecule has 0 saturated heterocycles. The van der Waals surface area contributed by atoms with Crippen LogP contribution in [-0.4, -0.2) is 100 Å². The molecule has 0 aliphatic carbocycles. The summed E-state index contributed by atoms with van der Waals surface area (Å²) in [4.78, 5) is 60.1. The number of carbonyl (C=O) groups excluding carboxylic acids is 5. The molecule has 0 heterocycles. The fourth-order valence-electron chi connectivity index (χ4n) is 4.78. The summed E-state index contributed by atoms with van der Waals surface area (Å²) in [6.07, 6.45) is -0.989. The first-order valence-corrected chi connectivity index (χ1v) is 19.4. The van der Waals surface area contributed by atoms with E-state index in [4.69, 9.17) is 29.4 Å². The zero-order valence-electron chi connectivity index (χ0n) is 35.0. The van der Waals surface area contributed by atoms with Gasteiger partial charge in [-0.05, 0) is 58.2 Å². The summed E-state index contributed by atoms with van der Waals surface area (Å²) in [5.41, 5.74) is 7.16. The molecule has 3 rings (SSSR count). The molecule has 16 heteroatoms. The van der Waals surface area contributed by atoms with E-state index in [1.165, 1.54) is 0 Å². The van der Waals surface area contributed by atoms with E-state index in [-0.39, 0.29) is 44.7 Å². The Hall–Kier alpha value is -5.55. The number of ether oxygens (including phenoxy) is 5. The molecule has 0 aliphatic rings. The fourth-order valence-corrected chi connectivity index (χ4v) is 4.78. The molecule has 0 saturated carbocycles. The molecule has 0 aromatic heterocycles. The summed E-state index contributed by atoms with van der Waals surface area (Å²) >= 11 is 0. The molecule has 3 aromatic rings. The van der Waals surface area contributed by atoms with Crippen molar-refractivity contribution in [1.82, 2.24) is 26.6 Å². The van der Waals surface area contributed by atoms with Gasteiger partial charge in [-0.1, -0.05) is 91.0 Å². The second-order valence-corrected chi connectivity index (χ2v) is 14.9. The van der Waals surface area contributed by atoms with Gasteiger partial charge in [-0.2, -0.15) is 0 Å². The molecule has 5 amide bonds. The van der Waals surface area contributed by atoms with Crippen LogP contribution in [0.2, 0.25) is 0 Å². The summed E-state index contributed by atoms with van der Waals surface area (Å²) in [6.45, 7) is 13.3. The minimum atomic E-state index is -0.863. The molecule has 0 radical (unpaired) electrons. The average molecular weight is 823 g/mol. The van der Waals surface area contributed by atoms with Crippen LogP contribution in [0.1, 0.15) is 70.3 Å². The molecule has 59 heavy (non-hydrogen) atoms. The Kier molecular flexibility index (Phi) is 22.9. The molecule has 0 spiro atoms. The number of alkyl carbamates (subject to hydrolysis) is 2. The van der Waals surface area contributed by atoms with Crippen molar-refractivity contribution >= 4 is 29.9 Å². The maximum absolute atomic E-state index is 12.8. The third-order valence-corrected chi connectivity index (χ3v) is 7.41. The van der Waals surface area contributed by atoms with Crippen LogP contribution >= 0.6 is 0 Å². The van der Waals surface area contributed by atoms with Crippen molar-refractivity contribution < 1.29 is 47.7 Å². The number of hydrogen-bond donors (Lipinski definition) is 6. The lowest BCUT2D eigenvalue weighted by molar-refractivity contribution is -0.132. The number of carbonyl (C=O) groups is 5. The van der Waals surface area contributed by atoms with Crippen LogP contribution in [0, 0.1) is 0 Å². The van der Waals surface area contributed by atoms with E-state index in [1.807, 2.05) is 66.7 Å². The van der Waals surface area contributed by atoms with Gasteiger partial charge in [-0.25, -0.2) is 9.59 Å². The van der Waals surface area contributed by atoms with Crippen molar-refractivity contribution in [2.45, 2.75) is 71.4 Å². The van der Waals surface area contributed by atoms with Crippen LogP contribution in [0.25, 0.3) is 0 Å². The van der Waals surface area contributed by atoms with Gasteiger partial charge in [0.15, 0.2) is 0 Å². The number of nitrogens with one attached hydrogen (secondary N) is 5. The van der Waals surface area contributed by atoms with Gasteiger partial charge in [0.1, 0.15) is 29.9 Å². The third kappa shape index (κ3) is 24.1. The SMILES string of the molecule is CC(C)(C)OC(=O)NCCOCCNC(=O)[C@@H](N)c1ccccc1.CC(C)(C)OC(=O)NCCOCCNC(=O)[C@@H](NC(=O)COCc1ccccc1)c1ccccc1. The molecule has 0 fully saturated rings. The molecular formula is C43H62N6O10. The monoisotopic (exact) mass is 822 g/mol. The van der Waals surface area contributed by atoms with E-state index >= 15 is 0 Å². The molecule has 0 unspecified atom stereocenters. The molecule has 3 aromatic carbocycles. The van der Waals surface area contributed by atoms with E-state index < -0.39 is 41.4 Å². The normalized spacial score (nSPS) is 12.1. The molecule has 16 nitrogen and oxygen atoms in total. The first kappa shape index (κ1) is 49.6. The van der Waals surface area contributed by atoms with Crippen LogP contribution < -0.4 is 32.3 Å². The van der Waals surface area contributed by atoms with Gasteiger partial charge < -0.3 is 56.0 Å². The van der Waals surface area contributed by atoms with Crippen LogP contribution in [-0.2, 0) is 44.7 Å². The third-order valence-electron chi connectivity index (χ3n) is 7.41. The lowest BCUT2D eigenvalue weighted by Gasteiger charge is -2.20. The van der Waals surface area contributed by atoms with Gasteiger partial charge in [-0.3, -0.25) is 14.4 Å². The molecular weight excluding hydrogens is 761 g/mol. The minimum absolute atomic E-state index is 0.167. The standard InChI is InChI=1S/C26H35N3O6.C17H27N3O4/c1-26(2,3)35-25(32)28-15-17-33-16-14-27-24(31)23(21-12-8-5-9-13-21)29-22(30)19-34-18-20-10-6-4-7-11-20;1-17(2,3)24-16(22)20-10-12-23-11-9-19-15(21)14(18)13-7-5-4-6-8-13/h4-13,23H,14-19H2,1-3H3,(H,27,31)(H,28,32)(H,29,30);4-8,14H,9-12,18H2,1-3H3,(H,19,21)(H,20,22)/t23-;14-/m00/s1. The topological polar surface area (TPSA) is 218 Å². The second kappa shape index (κ2) is 27.2. The highest BCUT2D eigenvalue weighted by Crippen LogP contribution is 2.13. The predicted octanol–water partition coefficient (Wildman–Crippen LogP) is 4.06. The Morgan fingerprint density at radius 3 is 1.41 bits per heavy atom. The lowest BCUT2D eigenvalue weighted by atomic mass is 10.1. The summed E-state index contributed by atoms with van der Waals surface area (Å²) in [6, 6.07) is 26.1. The highest BCUT2D eigenvalue weighted by molar-refractivity contribution is 5.89. The van der Waals surface area contributed by atoms with Crippen LogP contribution in [0.4, 0.5) is 9.59 Å². The fraction of sp³-hybridized carbons (Fsp3) is 0.465. The second-order valence-electron chi connectivity index (χ2n) is 14.9. The van der Waals surface area contributed by atoms with Crippen molar-refractivity contribution in [2.24, 2.45) is 5.73 Å². The van der Waals surface area contributed by atoms with Gasteiger partial charge in [-0.15, -0.1) is 0 Å². The summed E-state index contributed by atoms with van der Waals surface area (Å²) < 4.78 is 26.5. The molecule has 0 bridgehead atoms. The van der Waals surface area contributed by atoms with Crippen molar-refractivity contribution in [3.8, 4) is 0 Å². The van der Waals surface area contributed by atoms with Crippen molar-refractivity contribution in [3.05, 3.63) is 108 Å². The molecule has 2 atom stereocenters. The Labute approximate surface area is 347 Å². The van der Waals surface area contributed by atoms with Crippen molar-refractivity contribution in [3.63, 3.8) is 0 Å². The highest BCUT2D eigenvalue weighted by atomic mass is 16.6. The molecule has 324 valence electrons. The van der Waals surface area contributed by atoms with Gasteiger partial charge in [0, 0.05) is 26.2 Å². The Balaban J connectivity index is 0.000000437. The predicted molar refractivity (Wildman–Crippen MR) is 223 cm³/mol. The number of rotatable bonds is 21. The van der Waals surface area contributed by atoms with Crippen molar-refractivity contribution in [2.75, 3.05) is 59.2 Å². The van der Waals surface area contributed by atoms with Crippen LogP contribution in [0.3, 0.4) is 0 Å². The lowest BCUT2D eigenvalue weighted by Crippen LogP contribution is -2.42. The quantitative estimate of drug-likeness (QED) is 0.0843. The molecule has 0 aliphatic heterocycles. The van der Waals surface area contributed by atoms with Gasteiger partial charge >= 0.3 is 12.2 Å². The van der Waals surface area contributed by atoms with E-state index in [1.54, 1.807) is 65.8 Å². The number of amides is 5. The summed E-state index contributed by atoms with van der Waals surface area (Å²) in [7, 11) is 0. The molecule has 7 N–H and O–H groups in total. The first-order valence-electron chi connectivity index (χ1n) is 19.4. The maximum atomic E-state index is 12.8. The first-order chi connectivity index (χ1) is 28.0. The Morgan fingerprint density at radius 1 is 0.542 bits per heavy atom. The Bertz CT molecular complexity index is 1670. The van der Waals surface area contributed by atoms with E-state index in [2.05, 4.69) is 26.6 Å². The average Bonchev–Trinajstić information content (AvgIpc) is 3.18. The zero-order valence-corrected chi connectivity index (χ0v) is 35.0. The Morgan fingerprint density at radius 2 is 0.949 bits per heavy atom. The smallest absolute Gasteiger partial charge is 0.407 e. The van der Waals surface area contributed by atoms with E-state index in [0.717, 1.165) is 11.1 Å². The van der Waals surface area contributed by atoms with E-state index in [0.29, 0.717) is 38.5 Å². The van der Waals surface area contributed by atoms with Crippen LogP contribution in [0.15, 0.2) is 91.0 Å². The largest absolute Gasteiger partial charge is 0.444 e. The van der Waals surface area contributed by atoms with Gasteiger partial charge in [0.2, 0.25) is 17.7 Å². The van der Waals surface area contributed by atoms with Crippen molar-refractivity contribution in [1.29, 1.82) is 0 Å². The zero-order chi connectivity index (χ0) is 43.5. The van der Waals surface area contributed by atoms with Gasteiger partial charge in [0.25, 0.3) is 0 Å². The maximum Gasteiger partial charge on any atom is 0.407 e. The minimum Gasteiger partial charge on any atom is -0.444 e. The summed E-state index contributed by atoms with van der Waals surface area (Å²) in [5, 5.41) is 13.4. The van der Waals surface area contributed by atoms with Gasteiger partial charge in [0.05, 0.1) is 33.0 Å².